The summed E-state index contributed by atoms with van der Waals surface area (Å²) in [5.41, 5.74) is 0.758. The lowest BCUT2D eigenvalue weighted by atomic mass is 10.1. The Balaban J connectivity index is 1.98. The molecule has 5 heteroatoms. The number of rotatable bonds is 5. The van der Waals surface area contributed by atoms with Crippen LogP contribution in [0.2, 0.25) is 0 Å². The zero-order valence-electron chi connectivity index (χ0n) is 10.1. The molecule has 0 heterocycles. The van der Waals surface area contributed by atoms with E-state index in [9.17, 15) is 4.79 Å². The van der Waals surface area contributed by atoms with Crippen LogP contribution >= 0.6 is 27.5 Å². The monoisotopic (exact) mass is 331 g/mol. The Morgan fingerprint density at radius 1 is 1.56 bits per heavy atom. The van der Waals surface area contributed by atoms with Gasteiger partial charge in [-0.15, -0.1) is 11.6 Å². The molecule has 1 aromatic carbocycles. The Labute approximate surface area is 120 Å². The lowest BCUT2D eigenvalue weighted by Crippen LogP contribution is -2.30. The summed E-state index contributed by atoms with van der Waals surface area (Å²) in [4.78, 5) is 12.0. The zero-order valence-corrected chi connectivity index (χ0v) is 12.5. The standard InChI is InChI=1S/C13H15BrClNO2/c1-18-11-3-2-9(6-10(11)14)12(17)16-8-13(7-15)4-5-13/h2-3,6H,4-5,7-8H2,1H3,(H,16,17). The number of hydrogen-bond acceptors (Lipinski definition) is 2. The fraction of sp³-hybridized carbons (Fsp3) is 0.462. The number of methoxy groups -OCH3 is 1. The molecular weight excluding hydrogens is 318 g/mol. The van der Waals surface area contributed by atoms with E-state index >= 15 is 0 Å². The fourth-order valence-electron chi connectivity index (χ4n) is 1.71. The van der Waals surface area contributed by atoms with Crippen LogP contribution in [0.4, 0.5) is 0 Å². The highest BCUT2D eigenvalue weighted by molar-refractivity contribution is 9.10. The Morgan fingerprint density at radius 2 is 2.28 bits per heavy atom. The summed E-state index contributed by atoms with van der Waals surface area (Å²) < 4.78 is 5.90. The molecule has 0 aliphatic heterocycles. The molecule has 1 amide bonds. The van der Waals surface area contributed by atoms with E-state index in [1.807, 2.05) is 0 Å². The average molecular weight is 333 g/mol. The number of carbonyl (C=O) groups excluding carboxylic acids is 1. The minimum atomic E-state index is -0.0743. The predicted octanol–water partition coefficient (Wildman–Crippen LogP) is 3.21. The van der Waals surface area contributed by atoms with E-state index in [-0.39, 0.29) is 11.3 Å². The third-order valence-corrected chi connectivity index (χ3v) is 4.47. The normalized spacial score (nSPS) is 16.2. The van der Waals surface area contributed by atoms with Crippen LogP contribution in [0, 0.1) is 5.41 Å². The summed E-state index contributed by atoms with van der Waals surface area (Å²) in [6, 6.07) is 5.28. The number of carbonyl (C=O) groups is 1. The lowest BCUT2D eigenvalue weighted by Gasteiger charge is -2.13. The summed E-state index contributed by atoms with van der Waals surface area (Å²) >= 11 is 9.24. The van der Waals surface area contributed by atoms with Crippen LogP contribution in [-0.4, -0.2) is 25.4 Å². The molecule has 0 saturated heterocycles. The molecule has 18 heavy (non-hydrogen) atoms. The third-order valence-electron chi connectivity index (χ3n) is 3.28. The minimum Gasteiger partial charge on any atom is -0.496 e. The largest absolute Gasteiger partial charge is 0.496 e. The van der Waals surface area contributed by atoms with Gasteiger partial charge in [0.25, 0.3) is 5.91 Å². The van der Waals surface area contributed by atoms with Gasteiger partial charge in [0.15, 0.2) is 0 Å². The molecule has 2 rings (SSSR count). The van der Waals surface area contributed by atoms with Crippen molar-refractivity contribution in [3.63, 3.8) is 0 Å². The summed E-state index contributed by atoms with van der Waals surface area (Å²) in [5.74, 6) is 1.25. The van der Waals surface area contributed by atoms with Crippen LogP contribution in [0.5, 0.6) is 5.75 Å². The molecule has 0 spiro atoms. The van der Waals surface area contributed by atoms with Gasteiger partial charge in [-0.3, -0.25) is 4.79 Å². The Bertz CT molecular complexity index is 460. The topological polar surface area (TPSA) is 38.3 Å². The van der Waals surface area contributed by atoms with E-state index in [0.717, 1.165) is 17.3 Å². The molecule has 98 valence electrons. The van der Waals surface area contributed by atoms with Crippen molar-refractivity contribution in [2.24, 2.45) is 5.41 Å². The van der Waals surface area contributed by atoms with Gasteiger partial charge in [0.1, 0.15) is 5.75 Å². The first-order chi connectivity index (χ1) is 8.60. The van der Waals surface area contributed by atoms with E-state index < -0.39 is 0 Å². The van der Waals surface area contributed by atoms with Crippen molar-refractivity contribution in [1.82, 2.24) is 5.32 Å². The maximum atomic E-state index is 12.0. The number of benzene rings is 1. The second-order valence-electron chi connectivity index (χ2n) is 4.67. The van der Waals surface area contributed by atoms with Crippen LogP contribution < -0.4 is 10.1 Å². The number of amides is 1. The van der Waals surface area contributed by atoms with Crippen molar-refractivity contribution in [3.8, 4) is 5.75 Å². The van der Waals surface area contributed by atoms with Gasteiger partial charge in [-0.1, -0.05) is 0 Å². The van der Waals surface area contributed by atoms with Crippen LogP contribution in [0.25, 0.3) is 0 Å². The van der Waals surface area contributed by atoms with Crippen LogP contribution in [0.1, 0.15) is 23.2 Å². The van der Waals surface area contributed by atoms with E-state index in [0.29, 0.717) is 23.7 Å². The van der Waals surface area contributed by atoms with E-state index in [2.05, 4.69) is 21.2 Å². The first-order valence-electron chi connectivity index (χ1n) is 5.78. The van der Waals surface area contributed by atoms with Gasteiger partial charge in [-0.05, 0) is 47.0 Å². The predicted molar refractivity (Wildman–Crippen MR) is 75.4 cm³/mol. The van der Waals surface area contributed by atoms with Gasteiger partial charge in [-0.2, -0.15) is 0 Å². The molecule has 1 aliphatic rings. The SMILES string of the molecule is COc1ccc(C(=O)NCC2(CCl)CC2)cc1Br. The molecule has 0 radical (unpaired) electrons. The van der Waals surface area contributed by atoms with Gasteiger partial charge in [0.2, 0.25) is 0 Å². The molecule has 0 unspecified atom stereocenters. The molecular formula is C13H15BrClNO2. The number of nitrogens with one attached hydrogen (secondary N) is 1. The molecule has 1 saturated carbocycles. The summed E-state index contributed by atoms with van der Waals surface area (Å²) in [7, 11) is 1.59. The molecule has 0 aromatic heterocycles. The van der Waals surface area contributed by atoms with Crippen LogP contribution in [-0.2, 0) is 0 Å². The van der Waals surface area contributed by atoms with Gasteiger partial charge >= 0.3 is 0 Å². The summed E-state index contributed by atoms with van der Waals surface area (Å²) in [5, 5.41) is 2.93. The zero-order chi connectivity index (χ0) is 13.2. The third kappa shape index (κ3) is 2.98. The van der Waals surface area contributed by atoms with Gasteiger partial charge < -0.3 is 10.1 Å². The van der Waals surface area contributed by atoms with Crippen molar-refractivity contribution >= 4 is 33.4 Å². The van der Waals surface area contributed by atoms with Gasteiger partial charge in [-0.25, -0.2) is 0 Å². The number of halogens is 2. The Hall–Kier alpha value is -0.740. The van der Waals surface area contributed by atoms with E-state index in [4.69, 9.17) is 16.3 Å². The van der Waals surface area contributed by atoms with Crippen molar-refractivity contribution in [3.05, 3.63) is 28.2 Å². The average Bonchev–Trinajstić information content (AvgIpc) is 3.16. The molecule has 0 bridgehead atoms. The highest BCUT2D eigenvalue weighted by Gasteiger charge is 2.41. The van der Waals surface area contributed by atoms with E-state index in [1.165, 1.54) is 0 Å². The second kappa shape index (κ2) is 5.49. The van der Waals surface area contributed by atoms with Crippen molar-refractivity contribution in [2.45, 2.75) is 12.8 Å². The second-order valence-corrected chi connectivity index (χ2v) is 5.79. The van der Waals surface area contributed by atoms with Gasteiger partial charge in [0.05, 0.1) is 11.6 Å². The number of alkyl halides is 1. The summed E-state index contributed by atoms with van der Waals surface area (Å²) in [6.45, 7) is 0.652. The Kier molecular flexibility index (Phi) is 4.17. The highest BCUT2D eigenvalue weighted by atomic mass is 79.9. The van der Waals surface area contributed by atoms with Crippen LogP contribution in [0.15, 0.2) is 22.7 Å². The smallest absolute Gasteiger partial charge is 0.251 e. The highest BCUT2D eigenvalue weighted by Crippen LogP contribution is 2.45. The van der Waals surface area contributed by atoms with Gasteiger partial charge in [0, 0.05) is 23.4 Å². The summed E-state index contributed by atoms with van der Waals surface area (Å²) in [6.07, 6.45) is 2.20. The maximum absolute atomic E-state index is 12.0. The molecule has 1 aliphatic carbocycles. The molecule has 1 aromatic rings. The minimum absolute atomic E-state index is 0.0743. The first kappa shape index (κ1) is 13.7. The van der Waals surface area contributed by atoms with Crippen LogP contribution in [0.3, 0.4) is 0 Å². The number of ether oxygens (including phenoxy) is 1. The molecule has 1 N–H and O–H groups in total. The quantitative estimate of drug-likeness (QED) is 0.841. The number of hydrogen-bond donors (Lipinski definition) is 1. The lowest BCUT2D eigenvalue weighted by molar-refractivity contribution is 0.0946. The molecule has 0 atom stereocenters. The van der Waals surface area contributed by atoms with E-state index in [1.54, 1.807) is 25.3 Å². The fourth-order valence-corrected chi connectivity index (χ4v) is 2.61. The molecule has 1 fully saturated rings. The van der Waals surface area contributed by atoms with Crippen molar-refractivity contribution in [1.29, 1.82) is 0 Å². The Morgan fingerprint density at radius 3 is 2.78 bits per heavy atom. The molecule has 3 nitrogen and oxygen atoms in total. The maximum Gasteiger partial charge on any atom is 0.251 e. The van der Waals surface area contributed by atoms with Crippen molar-refractivity contribution in [2.75, 3.05) is 19.5 Å². The first-order valence-corrected chi connectivity index (χ1v) is 7.11. The van der Waals surface area contributed by atoms with Crippen molar-refractivity contribution < 1.29 is 9.53 Å².